The summed E-state index contributed by atoms with van der Waals surface area (Å²) < 4.78 is 33.8. The van der Waals surface area contributed by atoms with Gasteiger partial charge in [-0.3, -0.25) is 14.4 Å². The first-order valence-corrected chi connectivity index (χ1v) is 14.5. The molecular weight excluding hydrogens is 530 g/mol. The van der Waals surface area contributed by atoms with E-state index in [1.54, 1.807) is 24.3 Å². The summed E-state index contributed by atoms with van der Waals surface area (Å²) in [4.78, 5) is 42.0. The fourth-order valence-electron chi connectivity index (χ4n) is 5.47. The molecule has 8 nitrogen and oxygen atoms in total. The molecule has 0 spiro atoms. The number of benzene rings is 2. The van der Waals surface area contributed by atoms with Crippen molar-refractivity contribution in [1.29, 1.82) is 0 Å². The molecule has 2 saturated heterocycles. The monoisotopic (exact) mass is 570 g/mol. The van der Waals surface area contributed by atoms with Gasteiger partial charge < -0.3 is 25.2 Å². The van der Waals surface area contributed by atoms with Crippen LogP contribution < -0.4 is 10.6 Å². The molecule has 0 saturated carbocycles. The maximum absolute atomic E-state index is 14.1. The SMILES string of the molecule is CC(NC(=O)C1CCCN1C(=O)CNC(=O)CCOCCCN1CCCC1)c1ccc(-c2c(F)cccc2F)cc1. The molecule has 222 valence electrons. The average molecular weight is 571 g/mol. The van der Waals surface area contributed by atoms with Crippen molar-refractivity contribution in [2.24, 2.45) is 0 Å². The maximum atomic E-state index is 14.1. The molecule has 2 fully saturated rings. The Morgan fingerprint density at radius 2 is 1.68 bits per heavy atom. The number of halogens is 2. The Morgan fingerprint density at radius 1 is 0.976 bits per heavy atom. The Balaban J connectivity index is 1.18. The van der Waals surface area contributed by atoms with Gasteiger partial charge in [0.1, 0.15) is 17.7 Å². The average Bonchev–Trinajstić information content (AvgIpc) is 3.67. The highest BCUT2D eigenvalue weighted by atomic mass is 19.1. The fourth-order valence-corrected chi connectivity index (χ4v) is 5.47. The molecule has 41 heavy (non-hydrogen) atoms. The second-order valence-electron chi connectivity index (χ2n) is 10.7. The highest BCUT2D eigenvalue weighted by molar-refractivity contribution is 5.90. The van der Waals surface area contributed by atoms with E-state index in [4.69, 9.17) is 4.74 Å². The lowest BCUT2D eigenvalue weighted by Gasteiger charge is -2.26. The Morgan fingerprint density at radius 3 is 2.39 bits per heavy atom. The molecule has 4 rings (SSSR count). The van der Waals surface area contributed by atoms with Crippen LogP contribution >= 0.6 is 0 Å². The van der Waals surface area contributed by atoms with Gasteiger partial charge in [-0.2, -0.15) is 0 Å². The number of hydrogen-bond donors (Lipinski definition) is 2. The van der Waals surface area contributed by atoms with Crippen molar-refractivity contribution in [3.8, 4) is 11.1 Å². The van der Waals surface area contributed by atoms with Crippen molar-refractivity contribution < 1.29 is 27.9 Å². The number of nitrogens with one attached hydrogen (secondary N) is 2. The molecule has 0 bridgehead atoms. The van der Waals surface area contributed by atoms with Gasteiger partial charge in [0.25, 0.3) is 0 Å². The van der Waals surface area contributed by atoms with Crippen molar-refractivity contribution in [1.82, 2.24) is 20.4 Å². The van der Waals surface area contributed by atoms with Crippen LogP contribution in [0, 0.1) is 11.6 Å². The van der Waals surface area contributed by atoms with E-state index in [0.29, 0.717) is 38.2 Å². The number of likely N-dealkylation sites (tertiary alicyclic amines) is 2. The highest BCUT2D eigenvalue weighted by Gasteiger charge is 2.34. The van der Waals surface area contributed by atoms with Crippen LogP contribution in [0.25, 0.3) is 11.1 Å². The molecule has 2 aromatic carbocycles. The number of amides is 3. The molecule has 2 atom stereocenters. The summed E-state index contributed by atoms with van der Waals surface area (Å²) in [5.41, 5.74) is 1.07. The molecule has 10 heteroatoms. The molecule has 0 radical (unpaired) electrons. The van der Waals surface area contributed by atoms with Crippen LogP contribution in [0.1, 0.15) is 57.1 Å². The third-order valence-electron chi connectivity index (χ3n) is 7.77. The van der Waals surface area contributed by atoms with E-state index in [1.807, 2.05) is 6.92 Å². The molecule has 2 N–H and O–H groups in total. The van der Waals surface area contributed by atoms with Gasteiger partial charge in [0.2, 0.25) is 17.7 Å². The Labute approximate surface area is 240 Å². The quantitative estimate of drug-likeness (QED) is 0.358. The molecule has 2 unspecified atom stereocenters. The molecule has 2 aliphatic heterocycles. The summed E-state index contributed by atoms with van der Waals surface area (Å²) in [6.07, 6.45) is 4.88. The fraction of sp³-hybridized carbons (Fsp3) is 0.516. The van der Waals surface area contributed by atoms with Crippen LogP contribution in [0.2, 0.25) is 0 Å². The zero-order chi connectivity index (χ0) is 29.2. The first kappa shape index (κ1) is 30.6. The van der Waals surface area contributed by atoms with E-state index in [9.17, 15) is 23.2 Å². The summed E-state index contributed by atoms with van der Waals surface area (Å²) in [7, 11) is 0. The minimum atomic E-state index is -0.641. The summed E-state index contributed by atoms with van der Waals surface area (Å²) in [6, 6.07) is 9.41. The van der Waals surface area contributed by atoms with Gasteiger partial charge in [-0.25, -0.2) is 8.78 Å². The number of carbonyl (C=O) groups is 3. The molecule has 3 amide bonds. The minimum absolute atomic E-state index is 0.0941. The van der Waals surface area contributed by atoms with E-state index >= 15 is 0 Å². The van der Waals surface area contributed by atoms with E-state index < -0.39 is 17.7 Å². The predicted molar refractivity (Wildman–Crippen MR) is 152 cm³/mol. The van der Waals surface area contributed by atoms with Crippen LogP contribution in [0.4, 0.5) is 8.78 Å². The number of ether oxygens (including phenoxy) is 1. The van der Waals surface area contributed by atoms with Crippen LogP contribution in [0.3, 0.4) is 0 Å². The lowest BCUT2D eigenvalue weighted by molar-refractivity contribution is -0.139. The second kappa shape index (κ2) is 15.0. The number of hydrogen-bond acceptors (Lipinski definition) is 5. The van der Waals surface area contributed by atoms with Gasteiger partial charge in [-0.15, -0.1) is 0 Å². The smallest absolute Gasteiger partial charge is 0.243 e. The number of nitrogens with zero attached hydrogens (tertiary/aromatic N) is 2. The third kappa shape index (κ3) is 8.56. The lowest BCUT2D eigenvalue weighted by atomic mass is 10.0. The zero-order valence-corrected chi connectivity index (χ0v) is 23.7. The summed E-state index contributed by atoms with van der Waals surface area (Å²) in [5, 5.41) is 5.59. The Kier molecular flexibility index (Phi) is 11.2. The van der Waals surface area contributed by atoms with E-state index in [0.717, 1.165) is 31.6 Å². The first-order chi connectivity index (χ1) is 19.8. The van der Waals surface area contributed by atoms with Crippen LogP contribution in [-0.2, 0) is 19.1 Å². The molecule has 0 aromatic heterocycles. The van der Waals surface area contributed by atoms with Gasteiger partial charge in [-0.1, -0.05) is 30.3 Å². The topological polar surface area (TPSA) is 91.0 Å². The normalized spacial score (nSPS) is 17.9. The Bertz CT molecular complexity index is 1170. The molecule has 2 heterocycles. The summed E-state index contributed by atoms with van der Waals surface area (Å²) in [6.45, 7) is 6.35. The van der Waals surface area contributed by atoms with E-state index in [2.05, 4.69) is 15.5 Å². The lowest BCUT2D eigenvalue weighted by Crippen LogP contribution is -2.49. The van der Waals surface area contributed by atoms with Gasteiger partial charge in [0.15, 0.2) is 0 Å². The van der Waals surface area contributed by atoms with E-state index in [1.165, 1.54) is 35.9 Å². The van der Waals surface area contributed by atoms with Crippen molar-refractivity contribution in [2.75, 3.05) is 45.9 Å². The number of rotatable bonds is 13. The second-order valence-corrected chi connectivity index (χ2v) is 10.7. The van der Waals surface area contributed by atoms with Gasteiger partial charge in [-0.05, 0) is 75.4 Å². The number of carbonyl (C=O) groups excluding carboxylic acids is 3. The van der Waals surface area contributed by atoms with Crippen molar-refractivity contribution >= 4 is 17.7 Å². The minimum Gasteiger partial charge on any atom is -0.381 e. The molecule has 0 aliphatic carbocycles. The molecule has 2 aliphatic rings. The van der Waals surface area contributed by atoms with Crippen molar-refractivity contribution in [3.63, 3.8) is 0 Å². The molecule has 2 aromatic rings. The van der Waals surface area contributed by atoms with Crippen molar-refractivity contribution in [3.05, 3.63) is 59.7 Å². The maximum Gasteiger partial charge on any atom is 0.243 e. The van der Waals surface area contributed by atoms with Crippen LogP contribution in [0.15, 0.2) is 42.5 Å². The predicted octanol–water partition coefficient (Wildman–Crippen LogP) is 3.81. The zero-order valence-electron chi connectivity index (χ0n) is 23.7. The largest absolute Gasteiger partial charge is 0.381 e. The first-order valence-electron chi connectivity index (χ1n) is 14.5. The Hall–Kier alpha value is -3.37. The van der Waals surface area contributed by atoms with E-state index in [-0.39, 0.29) is 42.3 Å². The summed E-state index contributed by atoms with van der Waals surface area (Å²) in [5.74, 6) is -2.12. The molecular formula is C31H40F2N4O4. The third-order valence-corrected chi connectivity index (χ3v) is 7.77. The van der Waals surface area contributed by atoms with Crippen LogP contribution in [-0.4, -0.2) is 79.5 Å². The highest BCUT2D eigenvalue weighted by Crippen LogP contribution is 2.27. The summed E-state index contributed by atoms with van der Waals surface area (Å²) >= 11 is 0. The van der Waals surface area contributed by atoms with Gasteiger partial charge in [0, 0.05) is 26.1 Å². The van der Waals surface area contributed by atoms with Gasteiger partial charge >= 0.3 is 0 Å². The van der Waals surface area contributed by atoms with Crippen LogP contribution in [0.5, 0.6) is 0 Å². The van der Waals surface area contributed by atoms with Gasteiger partial charge in [0.05, 0.1) is 24.8 Å². The van der Waals surface area contributed by atoms with Crippen molar-refractivity contribution in [2.45, 2.75) is 57.5 Å². The standard InChI is InChI=1S/C31H40F2N4O4/c1-22(23-10-12-24(13-11-23)30-25(32)7-4-8-26(30)33)35-31(40)27-9-5-18-37(27)29(39)21-34-28(38)14-20-41-19-6-17-36-15-2-3-16-36/h4,7-8,10-13,22,27H,2-3,5-6,9,14-21H2,1H3,(H,34,38)(H,35,40).